The Kier molecular flexibility index (Phi) is 4.76. The first kappa shape index (κ1) is 15.7. The molecule has 7 heteroatoms. The molecule has 124 valence electrons. The van der Waals surface area contributed by atoms with Crippen molar-refractivity contribution in [2.45, 2.75) is 13.0 Å². The molecule has 2 saturated heterocycles. The Balaban J connectivity index is 1.56. The molecule has 3 heterocycles. The molecule has 3 rings (SSSR count). The van der Waals surface area contributed by atoms with E-state index in [0.29, 0.717) is 32.7 Å². The predicted molar refractivity (Wildman–Crippen MR) is 84.9 cm³/mol. The standard InChI is InChI=1S/C16H22N4O3/c1-19-11-13(9-15(19)21)16(22)18-10-12-2-3-17-14(8-12)20-4-6-23-7-5-20/h2-3,8,13H,4-7,9-11H2,1H3,(H,18,22). The first-order valence-corrected chi connectivity index (χ1v) is 7.93. The van der Waals surface area contributed by atoms with Crippen LogP contribution in [-0.4, -0.2) is 61.6 Å². The van der Waals surface area contributed by atoms with Crippen LogP contribution < -0.4 is 10.2 Å². The zero-order chi connectivity index (χ0) is 16.2. The van der Waals surface area contributed by atoms with Gasteiger partial charge in [-0.2, -0.15) is 0 Å². The Bertz CT molecular complexity index is 586. The molecule has 1 unspecified atom stereocenters. The van der Waals surface area contributed by atoms with Crippen molar-refractivity contribution in [3.63, 3.8) is 0 Å². The molecule has 1 N–H and O–H groups in total. The maximum atomic E-state index is 12.2. The zero-order valence-corrected chi connectivity index (χ0v) is 13.3. The first-order valence-electron chi connectivity index (χ1n) is 7.93. The lowest BCUT2D eigenvalue weighted by Crippen LogP contribution is -2.37. The van der Waals surface area contributed by atoms with Crippen molar-refractivity contribution in [2.24, 2.45) is 5.92 Å². The molecule has 2 fully saturated rings. The van der Waals surface area contributed by atoms with Gasteiger partial charge >= 0.3 is 0 Å². The summed E-state index contributed by atoms with van der Waals surface area (Å²) < 4.78 is 5.35. The number of nitrogens with one attached hydrogen (secondary N) is 1. The van der Waals surface area contributed by atoms with E-state index in [1.807, 2.05) is 12.1 Å². The number of morpholine rings is 1. The minimum Gasteiger partial charge on any atom is -0.378 e. The topological polar surface area (TPSA) is 74.8 Å². The third-order valence-corrected chi connectivity index (χ3v) is 4.32. The molecule has 2 aliphatic heterocycles. The normalized spacial score (nSPS) is 21.6. The quantitative estimate of drug-likeness (QED) is 0.847. The molecule has 23 heavy (non-hydrogen) atoms. The molecule has 0 aromatic carbocycles. The lowest BCUT2D eigenvalue weighted by atomic mass is 10.1. The van der Waals surface area contributed by atoms with Crippen molar-refractivity contribution in [3.05, 3.63) is 23.9 Å². The van der Waals surface area contributed by atoms with E-state index in [-0.39, 0.29) is 17.7 Å². The van der Waals surface area contributed by atoms with Crippen LogP contribution in [0.3, 0.4) is 0 Å². The number of likely N-dealkylation sites (tertiary alicyclic amines) is 1. The van der Waals surface area contributed by atoms with Crippen LogP contribution in [-0.2, 0) is 20.9 Å². The summed E-state index contributed by atoms with van der Waals surface area (Å²) in [5, 5.41) is 2.92. The summed E-state index contributed by atoms with van der Waals surface area (Å²) in [6, 6.07) is 3.90. The summed E-state index contributed by atoms with van der Waals surface area (Å²) >= 11 is 0. The van der Waals surface area contributed by atoms with Gasteiger partial charge in [-0.15, -0.1) is 0 Å². The third kappa shape index (κ3) is 3.79. The lowest BCUT2D eigenvalue weighted by Gasteiger charge is -2.28. The monoisotopic (exact) mass is 318 g/mol. The number of anilines is 1. The highest BCUT2D eigenvalue weighted by molar-refractivity contribution is 5.89. The molecule has 7 nitrogen and oxygen atoms in total. The van der Waals surface area contributed by atoms with E-state index in [1.54, 1.807) is 18.1 Å². The molecular weight excluding hydrogens is 296 g/mol. The number of carbonyl (C=O) groups excluding carboxylic acids is 2. The van der Waals surface area contributed by atoms with Crippen LogP contribution in [0.25, 0.3) is 0 Å². The number of nitrogens with zero attached hydrogens (tertiary/aromatic N) is 3. The summed E-state index contributed by atoms with van der Waals surface area (Å²) in [6.07, 6.45) is 2.07. The SMILES string of the molecule is CN1CC(C(=O)NCc2ccnc(N3CCOCC3)c2)CC1=O. The number of hydrogen-bond donors (Lipinski definition) is 1. The van der Waals surface area contributed by atoms with Crippen LogP contribution in [0.5, 0.6) is 0 Å². The van der Waals surface area contributed by atoms with E-state index in [0.717, 1.165) is 24.5 Å². The Morgan fingerprint density at radius 3 is 2.91 bits per heavy atom. The third-order valence-electron chi connectivity index (χ3n) is 4.32. The van der Waals surface area contributed by atoms with Gasteiger partial charge in [-0.3, -0.25) is 9.59 Å². The highest BCUT2D eigenvalue weighted by Crippen LogP contribution is 2.17. The van der Waals surface area contributed by atoms with Gasteiger partial charge in [-0.25, -0.2) is 4.98 Å². The fourth-order valence-electron chi connectivity index (χ4n) is 2.91. The van der Waals surface area contributed by atoms with Crippen LogP contribution in [0.4, 0.5) is 5.82 Å². The van der Waals surface area contributed by atoms with Crippen molar-refractivity contribution in [1.29, 1.82) is 0 Å². The first-order chi connectivity index (χ1) is 11.1. The molecule has 0 radical (unpaired) electrons. The van der Waals surface area contributed by atoms with Gasteiger partial charge in [0.1, 0.15) is 5.82 Å². The summed E-state index contributed by atoms with van der Waals surface area (Å²) in [7, 11) is 1.73. The van der Waals surface area contributed by atoms with E-state index in [2.05, 4.69) is 15.2 Å². The average molecular weight is 318 g/mol. The van der Waals surface area contributed by atoms with Gasteiger partial charge in [0.15, 0.2) is 0 Å². The number of amides is 2. The van der Waals surface area contributed by atoms with Gasteiger partial charge in [-0.1, -0.05) is 0 Å². The Morgan fingerprint density at radius 1 is 1.43 bits per heavy atom. The van der Waals surface area contributed by atoms with Gasteiger partial charge in [0.25, 0.3) is 0 Å². The maximum absolute atomic E-state index is 12.2. The summed E-state index contributed by atoms with van der Waals surface area (Å²) in [4.78, 5) is 31.8. The molecule has 0 bridgehead atoms. The number of ether oxygens (including phenoxy) is 1. The predicted octanol–water partition coefficient (Wildman–Crippen LogP) is 0.0127. The molecule has 1 aromatic heterocycles. The Hall–Kier alpha value is -2.15. The van der Waals surface area contributed by atoms with Gasteiger partial charge in [-0.05, 0) is 17.7 Å². The van der Waals surface area contributed by atoms with Crippen LogP contribution >= 0.6 is 0 Å². The minimum absolute atomic E-state index is 0.0312. The fourth-order valence-corrected chi connectivity index (χ4v) is 2.91. The summed E-state index contributed by atoms with van der Waals surface area (Å²) in [5.41, 5.74) is 1.01. The number of rotatable bonds is 4. The van der Waals surface area contributed by atoms with Gasteiger partial charge in [0.05, 0.1) is 19.1 Å². The molecule has 2 amide bonds. The minimum atomic E-state index is -0.243. The van der Waals surface area contributed by atoms with Crippen LogP contribution in [0.15, 0.2) is 18.3 Å². The number of pyridine rings is 1. The van der Waals surface area contributed by atoms with Gasteiger partial charge in [0, 0.05) is 45.8 Å². The van der Waals surface area contributed by atoms with Crippen molar-refractivity contribution < 1.29 is 14.3 Å². The zero-order valence-electron chi connectivity index (χ0n) is 13.3. The van der Waals surface area contributed by atoms with Crippen molar-refractivity contribution >= 4 is 17.6 Å². The second-order valence-corrected chi connectivity index (χ2v) is 6.01. The second-order valence-electron chi connectivity index (χ2n) is 6.01. The van der Waals surface area contributed by atoms with Crippen LogP contribution in [0, 0.1) is 5.92 Å². The van der Waals surface area contributed by atoms with E-state index in [1.165, 1.54) is 0 Å². The van der Waals surface area contributed by atoms with Crippen molar-refractivity contribution in [1.82, 2.24) is 15.2 Å². The maximum Gasteiger partial charge on any atom is 0.225 e. The molecule has 1 atom stereocenters. The summed E-state index contributed by atoms with van der Waals surface area (Å²) in [5.74, 6) is 0.639. The number of aromatic nitrogens is 1. The average Bonchev–Trinajstić information content (AvgIpc) is 2.93. The van der Waals surface area contributed by atoms with E-state index >= 15 is 0 Å². The Morgan fingerprint density at radius 2 is 2.22 bits per heavy atom. The van der Waals surface area contributed by atoms with Crippen molar-refractivity contribution in [2.75, 3.05) is 44.8 Å². The van der Waals surface area contributed by atoms with Crippen LogP contribution in [0.2, 0.25) is 0 Å². The number of carbonyl (C=O) groups is 2. The van der Waals surface area contributed by atoms with Crippen molar-refractivity contribution in [3.8, 4) is 0 Å². The van der Waals surface area contributed by atoms with Crippen LogP contribution in [0.1, 0.15) is 12.0 Å². The van der Waals surface area contributed by atoms with E-state index in [9.17, 15) is 9.59 Å². The highest BCUT2D eigenvalue weighted by Gasteiger charge is 2.31. The molecule has 0 aliphatic carbocycles. The van der Waals surface area contributed by atoms with Gasteiger partial charge < -0.3 is 19.9 Å². The summed E-state index contributed by atoms with van der Waals surface area (Å²) in [6.45, 7) is 4.05. The van der Waals surface area contributed by atoms with E-state index < -0.39 is 0 Å². The fraction of sp³-hybridized carbons (Fsp3) is 0.562. The number of hydrogen-bond acceptors (Lipinski definition) is 5. The second kappa shape index (κ2) is 6.95. The Labute approximate surface area is 135 Å². The van der Waals surface area contributed by atoms with Gasteiger partial charge in [0.2, 0.25) is 11.8 Å². The molecular formula is C16H22N4O3. The molecule has 1 aromatic rings. The largest absolute Gasteiger partial charge is 0.378 e. The molecule has 0 saturated carbocycles. The smallest absolute Gasteiger partial charge is 0.225 e. The molecule has 0 spiro atoms. The molecule has 2 aliphatic rings. The highest BCUT2D eigenvalue weighted by atomic mass is 16.5. The lowest BCUT2D eigenvalue weighted by molar-refractivity contribution is -0.128. The van der Waals surface area contributed by atoms with E-state index in [4.69, 9.17) is 4.74 Å².